The maximum Gasteiger partial charge on any atom is 0.394 e. The van der Waals surface area contributed by atoms with Crippen molar-refractivity contribution in [2.45, 2.75) is 62.9 Å². The van der Waals surface area contributed by atoms with Gasteiger partial charge in [-0.2, -0.15) is 8.78 Å². The lowest BCUT2D eigenvalue weighted by atomic mass is 9.92. The zero-order valence-electron chi connectivity index (χ0n) is 29.4. The number of nitrogens with zero attached hydrogens (tertiary/aromatic N) is 2. The maximum atomic E-state index is 12.6. The lowest BCUT2D eigenvalue weighted by Gasteiger charge is -2.13. The largest absolute Gasteiger partial charge is 0.507 e. The van der Waals surface area contributed by atoms with Crippen LogP contribution in [0.15, 0.2) is 63.3 Å². The van der Waals surface area contributed by atoms with Crippen LogP contribution in [0.4, 0.5) is 25.3 Å². The molecule has 0 amide bonds. The van der Waals surface area contributed by atoms with Crippen LogP contribution in [0.5, 0.6) is 11.5 Å². The highest BCUT2D eigenvalue weighted by molar-refractivity contribution is 7.92. The van der Waals surface area contributed by atoms with E-state index in [-0.39, 0.29) is 38.4 Å². The monoisotopic (exact) mass is 835 g/mol. The summed E-state index contributed by atoms with van der Waals surface area (Å²) in [5, 5.41) is 31.2. The minimum absolute atomic E-state index is 0.110. The predicted molar refractivity (Wildman–Crippen MR) is 203 cm³/mol. The molecule has 0 bridgehead atoms. The summed E-state index contributed by atoms with van der Waals surface area (Å²) in [6.45, 7) is 7.00. The summed E-state index contributed by atoms with van der Waals surface area (Å²) in [6, 6.07) is 10.5. The number of nitrogen functional groups attached to an aromatic ring is 2. The number of carboxylic acids is 2. The number of halogens is 3. The van der Waals surface area contributed by atoms with Crippen LogP contribution in [-0.4, -0.2) is 67.2 Å². The molecule has 0 aliphatic carbocycles. The van der Waals surface area contributed by atoms with E-state index >= 15 is 0 Å². The number of aromatic hydroxyl groups is 1. The Morgan fingerprint density at radius 1 is 1.09 bits per heavy atom. The quantitative estimate of drug-likeness (QED) is 0.0771. The number of aromatic carboxylic acids is 1. The molecule has 21 heteroatoms. The Balaban J connectivity index is 0.000000254. The molecule has 9 N–H and O–H groups in total. The van der Waals surface area contributed by atoms with Crippen LogP contribution in [0.25, 0.3) is 10.2 Å². The first kappa shape index (κ1) is 45.5. The highest BCUT2D eigenvalue weighted by Gasteiger charge is 2.26. The molecule has 3 aromatic carbocycles. The van der Waals surface area contributed by atoms with E-state index in [1.54, 1.807) is 6.07 Å². The molecule has 1 atom stereocenters. The molecule has 54 heavy (non-hydrogen) atoms. The van der Waals surface area contributed by atoms with Crippen molar-refractivity contribution in [2.75, 3.05) is 17.2 Å². The number of aromatic nitrogens is 1. The molecule has 0 fully saturated rings. The summed E-state index contributed by atoms with van der Waals surface area (Å²) in [7, 11) is -7.63. The van der Waals surface area contributed by atoms with Gasteiger partial charge in [0.15, 0.2) is 15.0 Å². The van der Waals surface area contributed by atoms with Gasteiger partial charge in [0.25, 0.3) is 0 Å². The van der Waals surface area contributed by atoms with Crippen molar-refractivity contribution in [2.24, 2.45) is 22.0 Å². The molecule has 2 heterocycles. The van der Waals surface area contributed by atoms with Gasteiger partial charge in [0.05, 0.1) is 31.6 Å². The van der Waals surface area contributed by atoms with Crippen LogP contribution in [-0.2, 0) is 24.7 Å². The van der Waals surface area contributed by atoms with Crippen LogP contribution in [0.1, 0.15) is 57.3 Å². The highest BCUT2D eigenvalue weighted by Crippen LogP contribution is 2.35. The standard InChI is InChI=1S/C9H8F2N2OS.C9H18O2.C8H7ClN2O4S2.C7H7NO3/c1-9(10,11)14-5-2-3-6-7(4-5)15-8(12)13-6;1-4-8(5-7(2)3)6-9(10)11;9-5-3-6-8(4-7(5)17(10,14)15)16(12,13)2-1-11-6;8-4-1-2-6(9)5(3-4)7(10)11/h2-4H,1H3,(H2,12,13);7-8H,4-6H2,1-3H3,(H,10,11);1,3-4H,2H2,(H2,10,14,15);1-3,9H,8H2,(H,10,11). The molecule has 4 aromatic rings. The van der Waals surface area contributed by atoms with Crippen LogP contribution in [0.2, 0.25) is 5.02 Å². The van der Waals surface area contributed by atoms with Gasteiger partial charge in [-0.25, -0.2) is 31.8 Å². The van der Waals surface area contributed by atoms with Gasteiger partial charge in [-0.1, -0.05) is 50.1 Å². The fourth-order valence-corrected chi connectivity index (χ4v) is 7.75. The number of ether oxygens (including phenoxy) is 1. The van der Waals surface area contributed by atoms with E-state index in [9.17, 15) is 35.2 Å². The van der Waals surface area contributed by atoms with E-state index in [0.29, 0.717) is 41.5 Å². The zero-order chi connectivity index (χ0) is 41.2. The minimum Gasteiger partial charge on any atom is -0.507 e. The second-order valence-corrected chi connectivity index (χ2v) is 17.1. The van der Waals surface area contributed by atoms with Crippen molar-refractivity contribution in [3.05, 3.63) is 59.1 Å². The van der Waals surface area contributed by atoms with Gasteiger partial charge in [-0.3, -0.25) is 9.79 Å². The van der Waals surface area contributed by atoms with Gasteiger partial charge < -0.3 is 31.5 Å². The lowest BCUT2D eigenvalue weighted by molar-refractivity contribution is -0.158. The number of sulfone groups is 1. The van der Waals surface area contributed by atoms with E-state index < -0.39 is 42.8 Å². The Morgan fingerprint density at radius 2 is 1.74 bits per heavy atom. The van der Waals surface area contributed by atoms with Crippen molar-refractivity contribution in [1.29, 1.82) is 0 Å². The third-order valence-corrected chi connectivity index (χ3v) is 10.8. The summed E-state index contributed by atoms with van der Waals surface area (Å²) in [5.41, 5.74) is 11.7. The maximum absolute atomic E-state index is 12.6. The summed E-state index contributed by atoms with van der Waals surface area (Å²) in [4.78, 5) is 28.0. The number of alkyl halides is 2. The van der Waals surface area contributed by atoms with Crippen molar-refractivity contribution in [3.8, 4) is 11.5 Å². The number of phenols is 1. The molecule has 5 rings (SSSR count). The molecular weight excluding hydrogens is 796 g/mol. The lowest BCUT2D eigenvalue weighted by Crippen LogP contribution is -2.18. The molecule has 0 saturated carbocycles. The van der Waals surface area contributed by atoms with Gasteiger partial charge in [0.2, 0.25) is 10.0 Å². The summed E-state index contributed by atoms with van der Waals surface area (Å²) < 4.78 is 76.1. The summed E-state index contributed by atoms with van der Waals surface area (Å²) >= 11 is 6.95. The summed E-state index contributed by atoms with van der Waals surface area (Å²) in [6.07, 6.45) is 0.385. The normalized spacial score (nSPS) is 13.6. The van der Waals surface area contributed by atoms with Gasteiger partial charge in [-0.15, -0.1) is 0 Å². The topological polar surface area (TPSA) is 276 Å². The molecule has 0 radical (unpaired) electrons. The SMILES string of the molecule is CC(F)(F)Oc1ccc2nc(N)sc2c1.CCC(CC(=O)O)CC(C)C.NS(=O)(=O)c1cc2c(cc1Cl)N=CCS2(=O)=O.Nc1ccc(O)c(C(=O)O)c1. The number of thiazole rings is 1. The summed E-state index contributed by atoms with van der Waals surface area (Å²) in [5.74, 6) is -1.31. The number of sulfonamides is 1. The van der Waals surface area contributed by atoms with Crippen LogP contribution in [0, 0.1) is 11.8 Å². The smallest absolute Gasteiger partial charge is 0.394 e. The Morgan fingerprint density at radius 3 is 2.26 bits per heavy atom. The number of anilines is 2. The third-order valence-electron chi connectivity index (χ3n) is 6.95. The Hall–Kier alpha value is -4.63. The fourth-order valence-electron chi connectivity index (χ4n) is 4.64. The number of aliphatic carboxylic acids is 1. The Labute approximate surface area is 319 Å². The van der Waals surface area contributed by atoms with Gasteiger partial charge in [0, 0.05) is 25.2 Å². The zero-order valence-corrected chi connectivity index (χ0v) is 32.6. The number of nitrogens with two attached hydrogens (primary N) is 3. The number of fused-ring (bicyclic) bond motifs is 2. The second kappa shape index (κ2) is 19.1. The van der Waals surface area contributed by atoms with Crippen LogP contribution >= 0.6 is 22.9 Å². The minimum atomic E-state index is -4.07. The molecular formula is C33H40ClF2N5O10S3. The van der Waals surface area contributed by atoms with E-state index in [1.807, 2.05) is 0 Å². The Kier molecular flexibility index (Phi) is 16.1. The number of hydrogen-bond donors (Lipinski definition) is 6. The van der Waals surface area contributed by atoms with Gasteiger partial charge >= 0.3 is 18.0 Å². The number of hydrogen-bond acceptors (Lipinski definition) is 13. The first-order chi connectivity index (χ1) is 24.8. The van der Waals surface area contributed by atoms with E-state index in [0.717, 1.165) is 23.6 Å². The molecule has 0 spiro atoms. The number of rotatable bonds is 9. The average Bonchev–Trinajstić information content (AvgIpc) is 3.39. The fraction of sp³-hybridized carbons (Fsp3) is 0.333. The number of carbonyl (C=O) groups is 2. The molecule has 1 unspecified atom stereocenters. The van der Waals surface area contributed by atoms with Gasteiger partial charge in [-0.05, 0) is 66.8 Å². The second-order valence-electron chi connectivity index (χ2n) is 12.1. The van der Waals surface area contributed by atoms with Crippen LogP contribution < -0.4 is 21.3 Å². The van der Waals surface area contributed by atoms with E-state index in [1.165, 1.54) is 53.9 Å². The van der Waals surface area contributed by atoms with Crippen molar-refractivity contribution >= 4 is 87.7 Å². The van der Waals surface area contributed by atoms with E-state index in [2.05, 4.69) is 35.5 Å². The molecule has 1 aliphatic rings. The predicted octanol–water partition coefficient (Wildman–Crippen LogP) is 6.55. The first-order valence-corrected chi connectivity index (χ1v) is 20.1. The average molecular weight is 836 g/mol. The molecule has 1 aliphatic heterocycles. The number of carboxylic acid groups (broad SMARTS) is 2. The number of aliphatic imine (C=N–C) groups is 1. The molecule has 296 valence electrons. The van der Waals surface area contributed by atoms with Crippen LogP contribution in [0.3, 0.4) is 0 Å². The molecule has 15 nitrogen and oxygen atoms in total. The van der Waals surface area contributed by atoms with Crippen molar-refractivity contribution in [3.63, 3.8) is 0 Å². The number of primary sulfonamides is 1. The van der Waals surface area contributed by atoms with Crippen molar-refractivity contribution < 1.29 is 55.3 Å². The van der Waals surface area contributed by atoms with E-state index in [4.69, 9.17) is 43.5 Å². The Bertz CT molecular complexity index is 2210. The first-order valence-electron chi connectivity index (χ1n) is 15.7. The molecule has 1 aromatic heterocycles. The number of benzene rings is 3. The third kappa shape index (κ3) is 14.7. The van der Waals surface area contributed by atoms with Gasteiger partial charge in [0.1, 0.15) is 22.0 Å². The highest BCUT2D eigenvalue weighted by atomic mass is 35.5. The van der Waals surface area contributed by atoms with Crippen molar-refractivity contribution in [1.82, 2.24) is 4.98 Å². The molecule has 0 saturated heterocycles.